The Kier molecular flexibility index (Phi) is 5.24. The number of carbonyl (C=O) groups excluding carboxylic acids is 1. The number of hydrogen-bond donors (Lipinski definition) is 1. The molecule has 22 heavy (non-hydrogen) atoms. The van der Waals surface area contributed by atoms with E-state index in [1.807, 2.05) is 41.8 Å². The summed E-state index contributed by atoms with van der Waals surface area (Å²) in [6.45, 7) is 2.28. The molecule has 0 saturated heterocycles. The molecule has 4 heteroatoms. The molecule has 1 N–H and O–H groups in total. The lowest BCUT2D eigenvalue weighted by atomic mass is 10.1. The Morgan fingerprint density at radius 2 is 2.05 bits per heavy atom. The average molecular weight is 315 g/mol. The van der Waals surface area contributed by atoms with Crippen LogP contribution in [0.3, 0.4) is 0 Å². The van der Waals surface area contributed by atoms with Crippen LogP contribution in [0.15, 0.2) is 41.8 Å². The highest BCUT2D eigenvalue weighted by Crippen LogP contribution is 2.29. The smallest absolute Gasteiger partial charge is 0.261 e. The molecule has 0 spiro atoms. The zero-order valence-corrected chi connectivity index (χ0v) is 13.4. The minimum absolute atomic E-state index is 0.0102. The molecule has 2 aromatic rings. The van der Waals surface area contributed by atoms with Gasteiger partial charge in [-0.3, -0.25) is 4.79 Å². The van der Waals surface area contributed by atoms with Gasteiger partial charge in [0, 0.05) is 25.3 Å². The standard InChI is InChI=1S/C18H21NO2S/c20-18(19-10-4-11-21-13-14-7-8-14)17-16(9-12-22-17)15-5-2-1-3-6-15/h1-3,5-6,9,12,14H,4,7-8,10-11,13H2,(H,19,20). The molecule has 3 nitrogen and oxygen atoms in total. The number of thiophene rings is 1. The van der Waals surface area contributed by atoms with Crippen LogP contribution in [0.25, 0.3) is 11.1 Å². The topological polar surface area (TPSA) is 38.3 Å². The maximum absolute atomic E-state index is 12.3. The van der Waals surface area contributed by atoms with Gasteiger partial charge in [-0.15, -0.1) is 11.3 Å². The van der Waals surface area contributed by atoms with Gasteiger partial charge in [-0.05, 0) is 42.2 Å². The van der Waals surface area contributed by atoms with Gasteiger partial charge in [-0.2, -0.15) is 0 Å². The van der Waals surface area contributed by atoms with Crippen LogP contribution in [0.1, 0.15) is 28.9 Å². The number of rotatable bonds is 8. The van der Waals surface area contributed by atoms with Gasteiger partial charge < -0.3 is 10.1 Å². The second-order valence-electron chi connectivity index (χ2n) is 5.66. The number of ether oxygens (including phenoxy) is 1. The molecular formula is C18H21NO2S. The van der Waals surface area contributed by atoms with Crippen molar-refractivity contribution in [1.82, 2.24) is 5.32 Å². The van der Waals surface area contributed by atoms with Crippen LogP contribution in [-0.4, -0.2) is 25.7 Å². The molecule has 1 aromatic heterocycles. The van der Waals surface area contributed by atoms with E-state index in [-0.39, 0.29) is 5.91 Å². The summed E-state index contributed by atoms with van der Waals surface area (Å²) in [4.78, 5) is 13.1. The van der Waals surface area contributed by atoms with E-state index in [1.165, 1.54) is 24.2 Å². The molecule has 1 aromatic carbocycles. The van der Waals surface area contributed by atoms with Crippen molar-refractivity contribution in [3.8, 4) is 11.1 Å². The third-order valence-electron chi connectivity index (χ3n) is 3.76. The Morgan fingerprint density at radius 1 is 1.23 bits per heavy atom. The molecule has 1 amide bonds. The molecule has 1 aliphatic carbocycles. The fraction of sp³-hybridized carbons (Fsp3) is 0.389. The van der Waals surface area contributed by atoms with Gasteiger partial charge in [-0.25, -0.2) is 0 Å². The molecule has 1 saturated carbocycles. The lowest BCUT2D eigenvalue weighted by molar-refractivity contribution is 0.0942. The summed E-state index contributed by atoms with van der Waals surface area (Å²) in [6.07, 6.45) is 3.50. The van der Waals surface area contributed by atoms with Crippen LogP contribution >= 0.6 is 11.3 Å². The van der Waals surface area contributed by atoms with Crippen molar-refractivity contribution >= 4 is 17.2 Å². The van der Waals surface area contributed by atoms with Crippen LogP contribution in [0.5, 0.6) is 0 Å². The quantitative estimate of drug-likeness (QED) is 0.749. The number of amides is 1. The van der Waals surface area contributed by atoms with E-state index in [0.717, 1.165) is 41.6 Å². The predicted octanol–water partition coefficient (Wildman–Crippen LogP) is 3.96. The Bertz CT molecular complexity index is 605. The van der Waals surface area contributed by atoms with E-state index in [2.05, 4.69) is 5.32 Å². The number of carbonyl (C=O) groups is 1. The van der Waals surface area contributed by atoms with Crippen molar-refractivity contribution in [1.29, 1.82) is 0 Å². The highest BCUT2D eigenvalue weighted by molar-refractivity contribution is 7.12. The molecular weight excluding hydrogens is 294 g/mol. The summed E-state index contributed by atoms with van der Waals surface area (Å²) in [6, 6.07) is 12.0. The van der Waals surface area contributed by atoms with Gasteiger partial charge in [0.15, 0.2) is 0 Å². The summed E-state index contributed by atoms with van der Waals surface area (Å²) < 4.78 is 5.57. The normalized spacial score (nSPS) is 14.0. The predicted molar refractivity (Wildman–Crippen MR) is 90.2 cm³/mol. The van der Waals surface area contributed by atoms with E-state index in [4.69, 9.17) is 4.74 Å². The number of nitrogens with one attached hydrogen (secondary N) is 1. The van der Waals surface area contributed by atoms with Crippen LogP contribution < -0.4 is 5.32 Å². The maximum atomic E-state index is 12.3. The van der Waals surface area contributed by atoms with E-state index in [1.54, 1.807) is 0 Å². The molecule has 0 radical (unpaired) electrons. The highest BCUT2D eigenvalue weighted by atomic mass is 32.1. The fourth-order valence-corrected chi connectivity index (χ4v) is 3.15. The van der Waals surface area contributed by atoms with E-state index in [9.17, 15) is 4.79 Å². The highest BCUT2D eigenvalue weighted by Gasteiger charge is 2.20. The molecule has 3 rings (SSSR count). The van der Waals surface area contributed by atoms with E-state index < -0.39 is 0 Å². The van der Waals surface area contributed by atoms with Gasteiger partial charge in [0.2, 0.25) is 0 Å². The molecule has 0 unspecified atom stereocenters. The molecule has 1 fully saturated rings. The number of benzene rings is 1. The van der Waals surface area contributed by atoms with E-state index >= 15 is 0 Å². The molecule has 0 aliphatic heterocycles. The average Bonchev–Trinajstić information content (AvgIpc) is 3.24. The second-order valence-corrected chi connectivity index (χ2v) is 6.57. The lowest BCUT2D eigenvalue weighted by Crippen LogP contribution is -2.25. The third-order valence-corrected chi connectivity index (χ3v) is 4.67. The summed E-state index contributed by atoms with van der Waals surface area (Å²) in [5, 5.41) is 4.96. The SMILES string of the molecule is O=C(NCCCOCC1CC1)c1sccc1-c1ccccc1. The minimum Gasteiger partial charge on any atom is -0.381 e. The van der Waals surface area contributed by atoms with Crippen molar-refractivity contribution in [3.05, 3.63) is 46.7 Å². The van der Waals surface area contributed by atoms with Gasteiger partial charge in [0.1, 0.15) is 0 Å². The molecule has 0 atom stereocenters. The summed E-state index contributed by atoms with van der Waals surface area (Å²) in [5.74, 6) is 0.810. The van der Waals surface area contributed by atoms with Crippen LogP contribution in [0, 0.1) is 5.92 Å². The van der Waals surface area contributed by atoms with E-state index in [0.29, 0.717) is 6.54 Å². The first-order chi connectivity index (χ1) is 10.8. The fourth-order valence-electron chi connectivity index (χ4n) is 2.32. The zero-order valence-electron chi connectivity index (χ0n) is 12.6. The molecule has 1 aliphatic rings. The van der Waals surface area contributed by atoms with Crippen molar-refractivity contribution < 1.29 is 9.53 Å². The zero-order chi connectivity index (χ0) is 15.2. The largest absolute Gasteiger partial charge is 0.381 e. The molecule has 1 heterocycles. The van der Waals surface area contributed by atoms with Crippen molar-refractivity contribution in [2.24, 2.45) is 5.92 Å². The third kappa shape index (κ3) is 4.18. The first-order valence-electron chi connectivity index (χ1n) is 7.83. The molecule has 0 bridgehead atoms. The maximum Gasteiger partial charge on any atom is 0.261 e. The van der Waals surface area contributed by atoms with Gasteiger partial charge in [0.05, 0.1) is 4.88 Å². The summed E-state index contributed by atoms with van der Waals surface area (Å²) in [7, 11) is 0. The first-order valence-corrected chi connectivity index (χ1v) is 8.71. The van der Waals surface area contributed by atoms with Gasteiger partial charge in [0.25, 0.3) is 5.91 Å². The Hall–Kier alpha value is -1.65. The Balaban J connectivity index is 1.47. The lowest BCUT2D eigenvalue weighted by Gasteiger charge is -2.07. The first kappa shape index (κ1) is 15.3. The van der Waals surface area contributed by atoms with Crippen molar-refractivity contribution in [3.63, 3.8) is 0 Å². The van der Waals surface area contributed by atoms with Crippen LogP contribution in [0.4, 0.5) is 0 Å². The van der Waals surface area contributed by atoms with Crippen LogP contribution in [0.2, 0.25) is 0 Å². The Morgan fingerprint density at radius 3 is 2.82 bits per heavy atom. The number of hydrogen-bond acceptors (Lipinski definition) is 3. The minimum atomic E-state index is 0.0102. The second kappa shape index (κ2) is 7.56. The summed E-state index contributed by atoms with van der Waals surface area (Å²) in [5.41, 5.74) is 2.09. The van der Waals surface area contributed by atoms with Gasteiger partial charge in [-0.1, -0.05) is 30.3 Å². The van der Waals surface area contributed by atoms with Crippen molar-refractivity contribution in [2.45, 2.75) is 19.3 Å². The monoisotopic (exact) mass is 315 g/mol. The van der Waals surface area contributed by atoms with Crippen LogP contribution in [-0.2, 0) is 4.74 Å². The van der Waals surface area contributed by atoms with Gasteiger partial charge >= 0.3 is 0 Å². The van der Waals surface area contributed by atoms with Crippen molar-refractivity contribution in [2.75, 3.05) is 19.8 Å². The summed E-state index contributed by atoms with van der Waals surface area (Å²) >= 11 is 1.49. The molecule has 116 valence electrons. The Labute approximate surface area is 135 Å².